The average Bonchev–Trinajstić information content (AvgIpc) is 2.76. The van der Waals surface area contributed by atoms with Crippen molar-refractivity contribution in [2.75, 3.05) is 25.9 Å². The van der Waals surface area contributed by atoms with E-state index in [1.54, 1.807) is 7.11 Å². The van der Waals surface area contributed by atoms with Crippen LogP contribution in [0.1, 0.15) is 30.0 Å². The lowest BCUT2D eigenvalue weighted by molar-refractivity contribution is 0.198. The SMILES string of the molecule is COc1ccc(-c2cnc(N)nc2[C@@H]2CCCN(Cc3ccc(F)cc3)C2)cc1. The summed E-state index contributed by atoms with van der Waals surface area (Å²) in [7, 11) is 1.66. The lowest BCUT2D eigenvalue weighted by Gasteiger charge is -2.33. The van der Waals surface area contributed by atoms with E-state index in [-0.39, 0.29) is 11.7 Å². The normalized spacial score (nSPS) is 17.2. The zero-order chi connectivity index (χ0) is 20.2. The van der Waals surface area contributed by atoms with Gasteiger partial charge in [0.15, 0.2) is 0 Å². The molecule has 0 amide bonds. The quantitative estimate of drug-likeness (QED) is 0.703. The number of halogens is 1. The van der Waals surface area contributed by atoms with Crippen molar-refractivity contribution in [3.63, 3.8) is 0 Å². The summed E-state index contributed by atoms with van der Waals surface area (Å²) < 4.78 is 18.5. The van der Waals surface area contributed by atoms with Crippen molar-refractivity contribution in [2.45, 2.75) is 25.3 Å². The van der Waals surface area contributed by atoms with Gasteiger partial charge in [-0.2, -0.15) is 0 Å². The van der Waals surface area contributed by atoms with Crippen molar-refractivity contribution in [2.24, 2.45) is 0 Å². The highest BCUT2D eigenvalue weighted by atomic mass is 19.1. The second-order valence-electron chi connectivity index (χ2n) is 7.46. The topological polar surface area (TPSA) is 64.3 Å². The van der Waals surface area contributed by atoms with E-state index in [1.165, 1.54) is 12.1 Å². The standard InChI is InChI=1S/C23H25FN4O/c1-29-20-10-6-17(7-11-20)21-13-26-23(25)27-22(21)18-3-2-12-28(15-18)14-16-4-8-19(24)9-5-16/h4-11,13,18H,2-3,12,14-15H2,1H3,(H2,25,26,27)/t18-/m1/s1. The fraction of sp³-hybridized carbons (Fsp3) is 0.304. The summed E-state index contributed by atoms with van der Waals surface area (Å²) in [4.78, 5) is 11.3. The maximum absolute atomic E-state index is 13.2. The molecule has 0 spiro atoms. The molecular formula is C23H25FN4O. The van der Waals surface area contributed by atoms with Gasteiger partial charge in [-0.1, -0.05) is 24.3 Å². The summed E-state index contributed by atoms with van der Waals surface area (Å²) in [6.45, 7) is 2.71. The number of ether oxygens (including phenoxy) is 1. The van der Waals surface area contributed by atoms with Gasteiger partial charge >= 0.3 is 0 Å². The molecule has 3 aromatic rings. The first kappa shape index (κ1) is 19.3. The Morgan fingerprint density at radius 3 is 2.62 bits per heavy atom. The van der Waals surface area contributed by atoms with Crippen LogP contribution in [0.2, 0.25) is 0 Å². The summed E-state index contributed by atoms with van der Waals surface area (Å²) in [5.74, 6) is 1.18. The van der Waals surface area contributed by atoms with Gasteiger partial charge in [0, 0.05) is 30.8 Å². The minimum Gasteiger partial charge on any atom is -0.497 e. The Kier molecular flexibility index (Phi) is 5.71. The number of benzene rings is 2. The number of methoxy groups -OCH3 is 1. The monoisotopic (exact) mass is 392 g/mol. The van der Waals surface area contributed by atoms with Crippen molar-refractivity contribution in [3.05, 3.63) is 71.8 Å². The molecule has 1 atom stereocenters. The summed E-state index contributed by atoms with van der Waals surface area (Å²) in [5, 5.41) is 0. The molecule has 6 heteroatoms. The van der Waals surface area contributed by atoms with Crippen LogP contribution in [0.5, 0.6) is 5.75 Å². The van der Waals surface area contributed by atoms with Crippen molar-refractivity contribution in [3.8, 4) is 16.9 Å². The van der Waals surface area contributed by atoms with Gasteiger partial charge in [0.25, 0.3) is 0 Å². The minimum absolute atomic E-state index is 0.203. The van der Waals surface area contributed by atoms with Gasteiger partial charge in [0.2, 0.25) is 5.95 Å². The molecule has 0 unspecified atom stereocenters. The summed E-state index contributed by atoms with van der Waals surface area (Å²) in [6.07, 6.45) is 3.95. The van der Waals surface area contributed by atoms with Crippen LogP contribution in [-0.2, 0) is 6.54 Å². The number of aromatic nitrogens is 2. The summed E-state index contributed by atoms with van der Waals surface area (Å²) in [6, 6.07) is 14.7. The number of nitrogens with zero attached hydrogens (tertiary/aromatic N) is 3. The number of piperidine rings is 1. The molecule has 0 bridgehead atoms. The first-order valence-electron chi connectivity index (χ1n) is 9.86. The van der Waals surface area contributed by atoms with Gasteiger partial charge in [-0.15, -0.1) is 0 Å². The number of anilines is 1. The molecule has 150 valence electrons. The number of hydrogen-bond donors (Lipinski definition) is 1. The lowest BCUT2D eigenvalue weighted by Crippen LogP contribution is -2.34. The molecule has 1 saturated heterocycles. The number of likely N-dealkylation sites (tertiary alicyclic amines) is 1. The maximum Gasteiger partial charge on any atom is 0.220 e. The Hall–Kier alpha value is -2.99. The first-order valence-corrected chi connectivity index (χ1v) is 9.86. The van der Waals surface area contributed by atoms with E-state index in [4.69, 9.17) is 10.5 Å². The van der Waals surface area contributed by atoms with Crippen LogP contribution < -0.4 is 10.5 Å². The number of nitrogen functional groups attached to an aromatic ring is 1. The Balaban J connectivity index is 1.58. The number of nitrogens with two attached hydrogens (primary N) is 1. The Morgan fingerprint density at radius 1 is 1.14 bits per heavy atom. The third-order valence-electron chi connectivity index (χ3n) is 5.45. The van der Waals surface area contributed by atoms with Gasteiger partial charge in [-0.3, -0.25) is 4.90 Å². The highest BCUT2D eigenvalue weighted by Gasteiger charge is 2.25. The Bertz CT molecular complexity index is 960. The second-order valence-corrected chi connectivity index (χ2v) is 7.46. The Labute approximate surface area is 170 Å². The second kappa shape index (κ2) is 8.57. The molecule has 1 aromatic heterocycles. The van der Waals surface area contributed by atoms with E-state index < -0.39 is 0 Å². The average molecular weight is 392 g/mol. The van der Waals surface area contributed by atoms with Crippen molar-refractivity contribution in [1.82, 2.24) is 14.9 Å². The third kappa shape index (κ3) is 4.54. The smallest absolute Gasteiger partial charge is 0.220 e. The van der Waals surface area contributed by atoms with E-state index in [0.717, 1.165) is 60.6 Å². The van der Waals surface area contributed by atoms with Gasteiger partial charge in [0.05, 0.1) is 12.8 Å². The van der Waals surface area contributed by atoms with Crippen LogP contribution in [0.4, 0.5) is 10.3 Å². The highest BCUT2D eigenvalue weighted by Crippen LogP contribution is 2.34. The van der Waals surface area contributed by atoms with Crippen molar-refractivity contribution in [1.29, 1.82) is 0 Å². The van der Waals surface area contributed by atoms with Crippen LogP contribution in [0.15, 0.2) is 54.7 Å². The third-order valence-corrected chi connectivity index (χ3v) is 5.45. The van der Waals surface area contributed by atoms with E-state index in [2.05, 4.69) is 14.9 Å². The summed E-state index contributed by atoms with van der Waals surface area (Å²) in [5.41, 5.74) is 10.1. The molecule has 4 rings (SSSR count). The molecule has 2 aromatic carbocycles. The van der Waals surface area contributed by atoms with Crippen molar-refractivity contribution < 1.29 is 9.13 Å². The van der Waals surface area contributed by atoms with Crippen LogP contribution in [-0.4, -0.2) is 35.1 Å². The predicted octanol–water partition coefficient (Wildman–Crippen LogP) is 4.25. The van der Waals surface area contributed by atoms with Crippen LogP contribution >= 0.6 is 0 Å². The van der Waals surface area contributed by atoms with E-state index in [0.29, 0.717) is 5.95 Å². The van der Waals surface area contributed by atoms with Crippen molar-refractivity contribution >= 4 is 5.95 Å². The molecule has 1 fully saturated rings. The molecule has 29 heavy (non-hydrogen) atoms. The van der Waals surface area contributed by atoms with Crippen LogP contribution in [0, 0.1) is 5.82 Å². The Morgan fingerprint density at radius 2 is 1.90 bits per heavy atom. The van der Waals surface area contributed by atoms with Gasteiger partial charge in [0.1, 0.15) is 11.6 Å². The number of hydrogen-bond acceptors (Lipinski definition) is 5. The first-order chi connectivity index (χ1) is 14.1. The zero-order valence-corrected chi connectivity index (χ0v) is 16.5. The fourth-order valence-electron chi connectivity index (χ4n) is 3.98. The van der Waals surface area contributed by atoms with E-state index >= 15 is 0 Å². The lowest BCUT2D eigenvalue weighted by atomic mass is 9.89. The molecule has 1 aliphatic heterocycles. The van der Waals surface area contributed by atoms with Gasteiger partial charge < -0.3 is 10.5 Å². The molecular weight excluding hydrogens is 367 g/mol. The molecule has 2 N–H and O–H groups in total. The van der Waals surface area contributed by atoms with Gasteiger partial charge in [-0.25, -0.2) is 14.4 Å². The fourth-order valence-corrected chi connectivity index (χ4v) is 3.98. The molecule has 0 radical (unpaired) electrons. The molecule has 2 heterocycles. The molecule has 0 aliphatic carbocycles. The zero-order valence-electron chi connectivity index (χ0n) is 16.5. The van der Waals surface area contributed by atoms with E-state index in [9.17, 15) is 4.39 Å². The maximum atomic E-state index is 13.2. The molecule has 0 saturated carbocycles. The summed E-state index contributed by atoms with van der Waals surface area (Å²) >= 11 is 0. The highest BCUT2D eigenvalue weighted by molar-refractivity contribution is 5.67. The van der Waals surface area contributed by atoms with Gasteiger partial charge in [-0.05, 0) is 54.8 Å². The minimum atomic E-state index is -0.203. The molecule has 5 nitrogen and oxygen atoms in total. The number of rotatable bonds is 5. The predicted molar refractivity (Wildman–Crippen MR) is 112 cm³/mol. The van der Waals surface area contributed by atoms with Crippen LogP contribution in [0.25, 0.3) is 11.1 Å². The van der Waals surface area contributed by atoms with Crippen LogP contribution in [0.3, 0.4) is 0 Å². The molecule has 1 aliphatic rings. The van der Waals surface area contributed by atoms with E-state index in [1.807, 2.05) is 42.6 Å². The largest absolute Gasteiger partial charge is 0.497 e.